The second kappa shape index (κ2) is 7.03. The van der Waals surface area contributed by atoms with Gasteiger partial charge in [-0.25, -0.2) is 0 Å². The lowest BCUT2D eigenvalue weighted by atomic mass is 10.1. The van der Waals surface area contributed by atoms with Crippen molar-refractivity contribution in [3.63, 3.8) is 0 Å². The number of carbonyl (C=O) groups is 1. The van der Waals surface area contributed by atoms with E-state index in [1.54, 1.807) is 31.4 Å². The summed E-state index contributed by atoms with van der Waals surface area (Å²) in [6.07, 6.45) is 0. The van der Waals surface area contributed by atoms with Crippen LogP contribution < -0.4 is 14.8 Å². The first-order chi connectivity index (χ1) is 13.2. The van der Waals surface area contributed by atoms with E-state index in [2.05, 4.69) is 5.32 Å². The molecule has 0 radical (unpaired) electrons. The minimum absolute atomic E-state index is 0.271. The highest BCUT2D eigenvalue weighted by molar-refractivity contribution is 6.10. The lowest BCUT2D eigenvalue weighted by Gasteiger charge is -2.13. The van der Waals surface area contributed by atoms with Gasteiger partial charge in [0.2, 0.25) is 0 Å². The third-order valence-corrected chi connectivity index (χ3v) is 4.38. The number of hydrogen-bond acceptors (Lipinski definition) is 4. The van der Waals surface area contributed by atoms with Crippen LogP contribution in [-0.4, -0.2) is 19.6 Å². The molecule has 0 aliphatic carbocycles. The molecule has 5 nitrogen and oxygen atoms in total. The van der Waals surface area contributed by atoms with Crippen LogP contribution in [0.2, 0.25) is 0 Å². The molecule has 136 valence electrons. The van der Waals surface area contributed by atoms with Crippen molar-refractivity contribution in [2.75, 3.05) is 19.0 Å². The first-order valence-corrected chi connectivity index (χ1v) is 8.73. The fraction of sp³-hybridized carbons (Fsp3) is 0.136. The average molecular weight is 361 g/mol. The van der Waals surface area contributed by atoms with Gasteiger partial charge in [-0.3, -0.25) is 4.79 Å². The number of amides is 1. The van der Waals surface area contributed by atoms with Gasteiger partial charge in [-0.2, -0.15) is 0 Å². The maximum atomic E-state index is 12.8. The molecule has 0 aliphatic rings. The van der Waals surface area contributed by atoms with E-state index in [1.807, 2.05) is 43.3 Å². The molecule has 4 rings (SSSR count). The Kier molecular flexibility index (Phi) is 4.42. The molecule has 0 saturated carbocycles. The van der Waals surface area contributed by atoms with Gasteiger partial charge < -0.3 is 19.2 Å². The molecule has 0 spiro atoms. The highest BCUT2D eigenvalue weighted by Gasteiger charge is 2.17. The fourth-order valence-corrected chi connectivity index (χ4v) is 3.14. The van der Waals surface area contributed by atoms with Crippen molar-refractivity contribution in [3.8, 4) is 11.5 Å². The predicted molar refractivity (Wildman–Crippen MR) is 106 cm³/mol. The molecule has 0 aliphatic heterocycles. The van der Waals surface area contributed by atoms with Gasteiger partial charge in [0, 0.05) is 16.8 Å². The molecule has 0 saturated heterocycles. The van der Waals surface area contributed by atoms with E-state index < -0.39 is 0 Å². The first kappa shape index (κ1) is 17.0. The molecule has 3 aromatic carbocycles. The smallest absolute Gasteiger partial charge is 0.259 e. The van der Waals surface area contributed by atoms with Crippen LogP contribution >= 0.6 is 0 Å². The molecule has 0 bridgehead atoms. The monoisotopic (exact) mass is 361 g/mol. The number of ether oxygens (including phenoxy) is 2. The number of anilines is 1. The predicted octanol–water partition coefficient (Wildman–Crippen LogP) is 5.25. The van der Waals surface area contributed by atoms with Crippen LogP contribution in [0.3, 0.4) is 0 Å². The molecule has 0 unspecified atom stereocenters. The van der Waals surface area contributed by atoms with Gasteiger partial charge in [0.25, 0.3) is 5.91 Å². The minimum Gasteiger partial charge on any atom is -0.495 e. The van der Waals surface area contributed by atoms with Gasteiger partial charge in [0.05, 0.1) is 25.0 Å². The largest absolute Gasteiger partial charge is 0.495 e. The van der Waals surface area contributed by atoms with Gasteiger partial charge in [-0.15, -0.1) is 0 Å². The Morgan fingerprint density at radius 3 is 2.56 bits per heavy atom. The van der Waals surface area contributed by atoms with Crippen LogP contribution in [0.5, 0.6) is 11.5 Å². The number of para-hydroxylation sites is 2. The summed E-state index contributed by atoms with van der Waals surface area (Å²) in [5.41, 5.74) is 2.48. The Morgan fingerprint density at radius 1 is 0.963 bits per heavy atom. The van der Waals surface area contributed by atoms with Crippen molar-refractivity contribution >= 4 is 33.5 Å². The molecule has 27 heavy (non-hydrogen) atoms. The standard InChI is InChI=1S/C22H19NO4/c1-3-26-18-10-6-5-9-15(18)22(24)23-17-13-20-16(12-21(17)25-2)14-8-4-7-11-19(14)27-20/h4-13H,3H2,1-2H3,(H,23,24). The molecule has 1 aromatic heterocycles. The topological polar surface area (TPSA) is 60.7 Å². The number of furan rings is 1. The van der Waals surface area contributed by atoms with E-state index in [0.717, 1.165) is 16.4 Å². The van der Waals surface area contributed by atoms with E-state index in [4.69, 9.17) is 13.9 Å². The number of fused-ring (bicyclic) bond motifs is 3. The van der Waals surface area contributed by atoms with E-state index in [1.165, 1.54) is 0 Å². The van der Waals surface area contributed by atoms with E-state index in [9.17, 15) is 4.79 Å². The molecular weight excluding hydrogens is 342 g/mol. The quantitative estimate of drug-likeness (QED) is 0.528. The highest BCUT2D eigenvalue weighted by Crippen LogP contribution is 2.36. The number of rotatable bonds is 5. The molecule has 1 N–H and O–H groups in total. The molecule has 5 heteroatoms. The summed E-state index contributed by atoms with van der Waals surface area (Å²) in [4.78, 5) is 12.8. The van der Waals surface area contributed by atoms with Crippen molar-refractivity contribution in [2.45, 2.75) is 6.92 Å². The Bertz CT molecular complexity index is 1130. The number of carbonyl (C=O) groups excluding carboxylic acids is 1. The van der Waals surface area contributed by atoms with E-state index in [-0.39, 0.29) is 5.91 Å². The normalized spacial score (nSPS) is 10.9. The maximum absolute atomic E-state index is 12.8. The molecule has 1 heterocycles. The minimum atomic E-state index is -0.271. The Morgan fingerprint density at radius 2 is 1.74 bits per heavy atom. The third-order valence-electron chi connectivity index (χ3n) is 4.38. The van der Waals surface area contributed by atoms with Crippen molar-refractivity contribution < 1.29 is 18.7 Å². The van der Waals surface area contributed by atoms with Gasteiger partial charge in [0.15, 0.2) is 0 Å². The summed E-state index contributed by atoms with van der Waals surface area (Å²) < 4.78 is 17.0. The number of hydrogen-bond donors (Lipinski definition) is 1. The SMILES string of the molecule is CCOc1ccccc1C(=O)Nc1cc2oc3ccccc3c2cc1OC. The molecule has 1 amide bonds. The van der Waals surface area contributed by atoms with Crippen LogP contribution in [0, 0.1) is 0 Å². The van der Waals surface area contributed by atoms with Crippen LogP contribution in [0.1, 0.15) is 17.3 Å². The second-order valence-electron chi connectivity index (χ2n) is 6.03. The molecule has 0 atom stereocenters. The zero-order valence-corrected chi connectivity index (χ0v) is 15.1. The summed E-state index contributed by atoms with van der Waals surface area (Å²) >= 11 is 0. The summed E-state index contributed by atoms with van der Waals surface area (Å²) in [7, 11) is 1.58. The molecule has 4 aromatic rings. The van der Waals surface area contributed by atoms with Gasteiger partial charge in [0.1, 0.15) is 22.7 Å². The molecular formula is C22H19NO4. The molecule has 0 fully saturated rings. The van der Waals surface area contributed by atoms with Crippen molar-refractivity contribution in [2.24, 2.45) is 0 Å². The van der Waals surface area contributed by atoms with Gasteiger partial charge in [-0.1, -0.05) is 30.3 Å². The zero-order chi connectivity index (χ0) is 18.8. The van der Waals surface area contributed by atoms with Crippen molar-refractivity contribution in [3.05, 3.63) is 66.2 Å². The summed E-state index contributed by atoms with van der Waals surface area (Å²) in [5.74, 6) is 0.838. The highest BCUT2D eigenvalue weighted by atomic mass is 16.5. The van der Waals surface area contributed by atoms with Crippen LogP contribution in [-0.2, 0) is 0 Å². The maximum Gasteiger partial charge on any atom is 0.259 e. The Balaban J connectivity index is 1.75. The summed E-state index contributed by atoms with van der Waals surface area (Å²) in [6, 6.07) is 18.6. The fourth-order valence-electron chi connectivity index (χ4n) is 3.14. The lowest BCUT2D eigenvalue weighted by molar-refractivity contribution is 0.102. The number of methoxy groups -OCH3 is 1. The van der Waals surface area contributed by atoms with Gasteiger partial charge >= 0.3 is 0 Å². The van der Waals surface area contributed by atoms with Crippen molar-refractivity contribution in [1.29, 1.82) is 0 Å². The summed E-state index contributed by atoms with van der Waals surface area (Å²) in [5, 5.41) is 4.85. The first-order valence-electron chi connectivity index (χ1n) is 8.73. The Hall–Kier alpha value is -3.47. The second-order valence-corrected chi connectivity index (χ2v) is 6.03. The number of nitrogens with one attached hydrogen (secondary N) is 1. The zero-order valence-electron chi connectivity index (χ0n) is 15.1. The Labute approximate surface area is 156 Å². The van der Waals surface area contributed by atoms with Crippen LogP contribution in [0.4, 0.5) is 5.69 Å². The number of benzene rings is 3. The average Bonchev–Trinajstić information content (AvgIpc) is 3.05. The van der Waals surface area contributed by atoms with Gasteiger partial charge in [-0.05, 0) is 31.2 Å². The lowest BCUT2D eigenvalue weighted by Crippen LogP contribution is -2.14. The van der Waals surface area contributed by atoms with Crippen LogP contribution in [0.25, 0.3) is 21.9 Å². The van der Waals surface area contributed by atoms with Crippen LogP contribution in [0.15, 0.2) is 65.1 Å². The summed E-state index contributed by atoms with van der Waals surface area (Å²) in [6.45, 7) is 2.37. The van der Waals surface area contributed by atoms with Crippen molar-refractivity contribution in [1.82, 2.24) is 0 Å². The van der Waals surface area contributed by atoms with E-state index >= 15 is 0 Å². The van der Waals surface area contributed by atoms with E-state index in [0.29, 0.717) is 34.9 Å². The third kappa shape index (κ3) is 3.08.